The van der Waals surface area contributed by atoms with Crippen molar-refractivity contribution in [2.75, 3.05) is 11.3 Å². The van der Waals surface area contributed by atoms with Gasteiger partial charge in [0.1, 0.15) is 4.90 Å². The number of hydrogen-bond acceptors (Lipinski definition) is 7. The maximum Gasteiger partial charge on any atom is 0.311 e. The second-order valence-corrected chi connectivity index (χ2v) is 6.62. The first-order valence-corrected chi connectivity index (χ1v) is 8.38. The van der Waals surface area contributed by atoms with Crippen LogP contribution in [0.3, 0.4) is 0 Å². The fourth-order valence-corrected chi connectivity index (χ4v) is 3.45. The SMILES string of the molecule is CCOC(=O)Cc1csc(NS(=O)(=O)c2cnn(C)c2)n1. The van der Waals surface area contributed by atoms with Crippen molar-refractivity contribution in [1.82, 2.24) is 14.8 Å². The lowest BCUT2D eigenvalue weighted by atomic mass is 10.3. The van der Waals surface area contributed by atoms with Crippen molar-refractivity contribution in [2.45, 2.75) is 18.2 Å². The number of carbonyl (C=O) groups excluding carboxylic acids is 1. The number of thiazole rings is 1. The van der Waals surface area contributed by atoms with E-state index in [4.69, 9.17) is 4.74 Å². The molecule has 21 heavy (non-hydrogen) atoms. The van der Waals surface area contributed by atoms with Gasteiger partial charge in [-0.25, -0.2) is 13.4 Å². The second kappa shape index (κ2) is 6.22. The number of esters is 1. The molecule has 0 saturated heterocycles. The summed E-state index contributed by atoms with van der Waals surface area (Å²) in [4.78, 5) is 15.4. The largest absolute Gasteiger partial charge is 0.466 e. The number of hydrogen-bond donors (Lipinski definition) is 1. The zero-order chi connectivity index (χ0) is 15.5. The van der Waals surface area contributed by atoms with Gasteiger partial charge < -0.3 is 4.74 Å². The van der Waals surface area contributed by atoms with Crippen molar-refractivity contribution in [3.8, 4) is 0 Å². The smallest absolute Gasteiger partial charge is 0.311 e. The lowest BCUT2D eigenvalue weighted by Crippen LogP contribution is -2.12. The molecule has 2 rings (SSSR count). The summed E-state index contributed by atoms with van der Waals surface area (Å²) < 4.78 is 32.7. The number of sulfonamides is 1. The molecule has 0 spiro atoms. The molecular weight excluding hydrogens is 316 g/mol. The highest BCUT2D eigenvalue weighted by Crippen LogP contribution is 2.20. The van der Waals surface area contributed by atoms with Gasteiger partial charge in [0.15, 0.2) is 5.13 Å². The van der Waals surface area contributed by atoms with Crippen molar-refractivity contribution in [3.05, 3.63) is 23.5 Å². The van der Waals surface area contributed by atoms with Crippen LogP contribution in [0, 0.1) is 0 Å². The topological polar surface area (TPSA) is 103 Å². The number of nitrogens with zero attached hydrogens (tertiary/aromatic N) is 3. The van der Waals surface area contributed by atoms with Crippen molar-refractivity contribution in [3.63, 3.8) is 0 Å². The highest BCUT2D eigenvalue weighted by atomic mass is 32.2. The average molecular weight is 330 g/mol. The highest BCUT2D eigenvalue weighted by molar-refractivity contribution is 7.93. The van der Waals surface area contributed by atoms with E-state index in [2.05, 4.69) is 14.8 Å². The van der Waals surface area contributed by atoms with E-state index in [1.165, 1.54) is 17.1 Å². The van der Waals surface area contributed by atoms with Gasteiger partial charge in [-0.3, -0.25) is 14.2 Å². The fraction of sp³-hybridized carbons (Fsp3) is 0.364. The van der Waals surface area contributed by atoms with Crippen LogP contribution < -0.4 is 4.72 Å². The van der Waals surface area contributed by atoms with E-state index in [1.54, 1.807) is 19.4 Å². The number of rotatable bonds is 6. The molecule has 2 aromatic rings. The Morgan fingerprint density at radius 3 is 2.90 bits per heavy atom. The minimum absolute atomic E-state index is 0.0129. The number of aryl methyl sites for hydroxylation is 1. The Morgan fingerprint density at radius 2 is 2.29 bits per heavy atom. The minimum Gasteiger partial charge on any atom is -0.466 e. The predicted octanol–water partition coefficient (Wildman–Crippen LogP) is 0.783. The van der Waals surface area contributed by atoms with Gasteiger partial charge in [0, 0.05) is 18.6 Å². The number of aromatic nitrogens is 3. The summed E-state index contributed by atoms with van der Waals surface area (Å²) >= 11 is 1.10. The first-order valence-electron chi connectivity index (χ1n) is 6.02. The van der Waals surface area contributed by atoms with E-state index in [-0.39, 0.29) is 16.4 Å². The van der Waals surface area contributed by atoms with Crippen LogP contribution in [0.4, 0.5) is 5.13 Å². The summed E-state index contributed by atoms with van der Waals surface area (Å²) in [5.74, 6) is -0.399. The van der Waals surface area contributed by atoms with Gasteiger partial charge in [0.2, 0.25) is 0 Å². The Balaban J connectivity index is 2.07. The Morgan fingerprint density at radius 1 is 1.52 bits per heavy atom. The van der Waals surface area contributed by atoms with Gasteiger partial charge in [0.25, 0.3) is 10.0 Å². The van der Waals surface area contributed by atoms with E-state index in [0.717, 1.165) is 11.3 Å². The third-order valence-electron chi connectivity index (χ3n) is 2.40. The Labute approximate surface area is 125 Å². The molecule has 10 heteroatoms. The normalized spacial score (nSPS) is 11.3. The van der Waals surface area contributed by atoms with Crippen molar-refractivity contribution >= 4 is 32.5 Å². The Bertz CT molecular complexity index is 735. The van der Waals surface area contributed by atoms with Crippen LogP contribution in [-0.2, 0) is 33.0 Å². The molecule has 0 atom stereocenters. The molecule has 1 N–H and O–H groups in total. The molecule has 0 aliphatic rings. The second-order valence-electron chi connectivity index (χ2n) is 4.08. The minimum atomic E-state index is -3.72. The summed E-state index contributed by atoms with van der Waals surface area (Å²) in [7, 11) is -2.09. The molecule has 0 saturated carbocycles. The molecule has 2 heterocycles. The molecule has 0 unspecified atom stereocenters. The van der Waals surface area contributed by atoms with Gasteiger partial charge in [0.05, 0.1) is 24.9 Å². The van der Waals surface area contributed by atoms with Crippen molar-refractivity contribution in [2.24, 2.45) is 7.05 Å². The van der Waals surface area contributed by atoms with Gasteiger partial charge in [-0.05, 0) is 6.92 Å². The van der Waals surface area contributed by atoms with Crippen molar-refractivity contribution in [1.29, 1.82) is 0 Å². The van der Waals surface area contributed by atoms with Crippen molar-refractivity contribution < 1.29 is 17.9 Å². The molecule has 0 aromatic carbocycles. The molecule has 0 aliphatic heterocycles. The van der Waals surface area contributed by atoms with E-state index >= 15 is 0 Å². The lowest BCUT2D eigenvalue weighted by molar-refractivity contribution is -0.142. The van der Waals surface area contributed by atoms with Crippen LogP contribution in [0.15, 0.2) is 22.7 Å². The molecule has 2 aromatic heterocycles. The summed E-state index contributed by atoms with van der Waals surface area (Å²) in [6.07, 6.45) is 2.64. The zero-order valence-corrected chi connectivity index (χ0v) is 13.1. The lowest BCUT2D eigenvalue weighted by Gasteiger charge is -2.01. The monoisotopic (exact) mass is 330 g/mol. The molecule has 0 aliphatic carbocycles. The number of ether oxygens (including phenoxy) is 1. The molecule has 8 nitrogen and oxygen atoms in total. The summed E-state index contributed by atoms with van der Waals surface area (Å²) in [5, 5.41) is 5.61. The number of nitrogens with one attached hydrogen (secondary N) is 1. The first kappa shape index (κ1) is 15.4. The van der Waals surface area contributed by atoms with E-state index in [1.807, 2.05) is 0 Å². The summed E-state index contributed by atoms with van der Waals surface area (Å²) in [6.45, 7) is 2.01. The van der Waals surface area contributed by atoms with Gasteiger partial charge in [-0.2, -0.15) is 5.10 Å². The maximum absolute atomic E-state index is 12.1. The van der Waals surface area contributed by atoms with Crippen LogP contribution in [0.1, 0.15) is 12.6 Å². The maximum atomic E-state index is 12.1. The number of anilines is 1. The fourth-order valence-electron chi connectivity index (χ4n) is 1.51. The predicted molar refractivity (Wildman–Crippen MR) is 76.5 cm³/mol. The standard InChI is InChI=1S/C11H14N4O4S2/c1-3-19-10(16)4-8-7-20-11(13-8)14-21(17,18)9-5-12-15(2)6-9/h5-7H,3-4H2,1-2H3,(H,13,14). The summed E-state index contributed by atoms with van der Waals surface area (Å²) in [5.41, 5.74) is 0.460. The van der Waals surface area contributed by atoms with Crippen LogP contribution >= 0.6 is 11.3 Å². The van der Waals surface area contributed by atoms with E-state index < -0.39 is 16.0 Å². The zero-order valence-electron chi connectivity index (χ0n) is 11.4. The Kier molecular flexibility index (Phi) is 4.58. The van der Waals surface area contributed by atoms with Crippen LogP contribution in [0.5, 0.6) is 0 Å². The molecule has 0 radical (unpaired) electrons. The van der Waals surface area contributed by atoms with E-state index in [0.29, 0.717) is 12.3 Å². The van der Waals surface area contributed by atoms with Gasteiger partial charge in [-0.1, -0.05) is 0 Å². The van der Waals surface area contributed by atoms with Crippen LogP contribution in [0.2, 0.25) is 0 Å². The van der Waals surface area contributed by atoms with Crippen LogP contribution in [0.25, 0.3) is 0 Å². The van der Waals surface area contributed by atoms with E-state index in [9.17, 15) is 13.2 Å². The van der Waals surface area contributed by atoms with Gasteiger partial charge >= 0.3 is 5.97 Å². The third-order valence-corrected chi connectivity index (χ3v) is 4.62. The van der Waals surface area contributed by atoms with Crippen LogP contribution in [-0.4, -0.2) is 35.8 Å². The molecule has 0 bridgehead atoms. The highest BCUT2D eigenvalue weighted by Gasteiger charge is 2.18. The number of carbonyl (C=O) groups is 1. The molecule has 0 fully saturated rings. The quantitative estimate of drug-likeness (QED) is 0.785. The summed E-state index contributed by atoms with van der Waals surface area (Å²) in [6, 6.07) is 0. The molecule has 114 valence electrons. The third kappa shape index (κ3) is 4.02. The average Bonchev–Trinajstić information content (AvgIpc) is 2.99. The molecule has 0 amide bonds. The Hall–Kier alpha value is -1.94. The molecular formula is C11H14N4O4S2. The first-order chi connectivity index (χ1) is 9.90. The van der Waals surface area contributed by atoms with Gasteiger partial charge in [-0.15, -0.1) is 11.3 Å².